The summed E-state index contributed by atoms with van der Waals surface area (Å²) in [5.74, 6) is 0.779. The topological polar surface area (TPSA) is 30.5 Å². The van der Waals surface area contributed by atoms with Gasteiger partial charge in [-0.1, -0.05) is 13.0 Å². The Kier molecular flexibility index (Phi) is 5.31. The number of benzene rings is 1. The van der Waals surface area contributed by atoms with Crippen molar-refractivity contribution in [2.45, 2.75) is 38.3 Å². The number of methoxy groups -OCH3 is 1. The van der Waals surface area contributed by atoms with Gasteiger partial charge in [-0.2, -0.15) is 0 Å². The summed E-state index contributed by atoms with van der Waals surface area (Å²) >= 11 is 0. The number of likely N-dealkylation sites (N-methyl/N-ethyl adjacent to an activating group) is 1. The first-order valence-corrected chi connectivity index (χ1v) is 6.95. The summed E-state index contributed by atoms with van der Waals surface area (Å²) in [5, 5.41) is 3.34. The van der Waals surface area contributed by atoms with E-state index in [9.17, 15) is 8.78 Å². The number of halogens is 2. The maximum Gasteiger partial charge on any atom is 0.261 e. The molecule has 2 atom stereocenters. The number of aryl methyl sites for hydroxylation is 1. The quantitative estimate of drug-likeness (QED) is 0.871. The van der Waals surface area contributed by atoms with E-state index in [4.69, 9.17) is 9.47 Å². The van der Waals surface area contributed by atoms with Crippen LogP contribution in [0, 0.1) is 0 Å². The van der Waals surface area contributed by atoms with Gasteiger partial charge in [-0.05, 0) is 42.6 Å². The highest BCUT2D eigenvalue weighted by Crippen LogP contribution is 2.34. The summed E-state index contributed by atoms with van der Waals surface area (Å²) in [6, 6.07) is 5.89. The van der Waals surface area contributed by atoms with Gasteiger partial charge in [0.25, 0.3) is 6.43 Å². The van der Waals surface area contributed by atoms with Gasteiger partial charge in [0.1, 0.15) is 12.4 Å². The molecule has 1 aliphatic rings. The molecule has 0 radical (unpaired) electrons. The number of fused-ring (bicyclic) bond motifs is 1. The minimum Gasteiger partial charge on any atom is -0.497 e. The van der Waals surface area contributed by atoms with Crippen LogP contribution in [0.4, 0.5) is 8.78 Å². The van der Waals surface area contributed by atoms with E-state index < -0.39 is 13.0 Å². The number of hydrogen-bond donors (Lipinski definition) is 1. The fraction of sp³-hybridized carbons (Fsp3) is 0.600. The average molecular weight is 285 g/mol. The molecular weight excluding hydrogens is 264 g/mol. The van der Waals surface area contributed by atoms with Crippen molar-refractivity contribution in [3.05, 3.63) is 29.3 Å². The van der Waals surface area contributed by atoms with Crippen LogP contribution in [-0.4, -0.2) is 32.8 Å². The Morgan fingerprint density at radius 1 is 1.40 bits per heavy atom. The number of hydrogen-bond acceptors (Lipinski definition) is 3. The van der Waals surface area contributed by atoms with Crippen LogP contribution in [0.15, 0.2) is 18.2 Å². The monoisotopic (exact) mass is 285 g/mol. The molecule has 1 aromatic rings. The second-order valence-electron chi connectivity index (χ2n) is 4.90. The van der Waals surface area contributed by atoms with Gasteiger partial charge in [0.2, 0.25) is 0 Å². The molecule has 2 unspecified atom stereocenters. The van der Waals surface area contributed by atoms with Crippen LogP contribution in [0.1, 0.15) is 30.5 Å². The molecule has 0 saturated heterocycles. The van der Waals surface area contributed by atoms with Gasteiger partial charge < -0.3 is 14.8 Å². The van der Waals surface area contributed by atoms with Crippen LogP contribution < -0.4 is 10.1 Å². The predicted octanol–water partition coefficient (Wildman–Crippen LogP) is 2.94. The Morgan fingerprint density at radius 3 is 2.85 bits per heavy atom. The minimum atomic E-state index is -2.43. The molecule has 0 aliphatic heterocycles. The summed E-state index contributed by atoms with van der Waals surface area (Å²) in [7, 11) is 1.62. The standard InChI is InChI=1S/C15H21F2NO2/c1-3-18-15-12-8-11(19-2)6-4-10(12)5-7-13(15)20-9-14(16)17/h4,6,8,13-15,18H,3,5,7,9H2,1-2H3. The maximum absolute atomic E-state index is 12.4. The molecule has 1 aliphatic carbocycles. The molecule has 2 rings (SSSR count). The second kappa shape index (κ2) is 6.99. The van der Waals surface area contributed by atoms with Gasteiger partial charge in [-0.3, -0.25) is 0 Å². The Balaban J connectivity index is 2.21. The minimum absolute atomic E-state index is 0.0578. The summed E-state index contributed by atoms with van der Waals surface area (Å²) in [6.07, 6.45) is -1.05. The molecule has 0 fully saturated rings. The fourth-order valence-corrected chi connectivity index (χ4v) is 2.72. The van der Waals surface area contributed by atoms with Crippen molar-refractivity contribution in [1.29, 1.82) is 0 Å². The molecule has 5 heteroatoms. The highest BCUT2D eigenvalue weighted by atomic mass is 19.3. The zero-order valence-electron chi connectivity index (χ0n) is 11.9. The molecule has 1 aromatic carbocycles. The lowest BCUT2D eigenvalue weighted by Crippen LogP contribution is -2.38. The van der Waals surface area contributed by atoms with Crippen LogP contribution >= 0.6 is 0 Å². The second-order valence-corrected chi connectivity index (χ2v) is 4.90. The van der Waals surface area contributed by atoms with Crippen molar-refractivity contribution >= 4 is 0 Å². The van der Waals surface area contributed by atoms with Crippen LogP contribution in [0.2, 0.25) is 0 Å². The van der Waals surface area contributed by atoms with Gasteiger partial charge in [0.15, 0.2) is 0 Å². The Bertz CT molecular complexity index is 440. The van der Waals surface area contributed by atoms with Crippen LogP contribution in [0.5, 0.6) is 5.75 Å². The van der Waals surface area contributed by atoms with E-state index in [1.165, 1.54) is 5.56 Å². The largest absolute Gasteiger partial charge is 0.497 e. The normalized spacial score (nSPS) is 21.9. The summed E-state index contributed by atoms with van der Waals surface area (Å²) in [6.45, 7) is 2.25. The smallest absolute Gasteiger partial charge is 0.261 e. The zero-order valence-corrected chi connectivity index (χ0v) is 11.9. The Morgan fingerprint density at radius 2 is 2.20 bits per heavy atom. The zero-order chi connectivity index (χ0) is 14.5. The van der Waals surface area contributed by atoms with Gasteiger partial charge in [0, 0.05) is 0 Å². The molecule has 1 N–H and O–H groups in total. The summed E-state index contributed by atoms with van der Waals surface area (Å²) < 4.78 is 35.3. The van der Waals surface area contributed by atoms with E-state index in [1.54, 1.807) is 7.11 Å². The lowest BCUT2D eigenvalue weighted by atomic mass is 9.85. The Labute approximate surface area is 118 Å². The third-order valence-electron chi connectivity index (χ3n) is 3.62. The third kappa shape index (κ3) is 3.46. The number of alkyl halides is 2. The molecule has 0 spiro atoms. The van der Waals surface area contributed by atoms with E-state index in [1.807, 2.05) is 25.1 Å². The first kappa shape index (κ1) is 15.2. The van der Waals surface area contributed by atoms with Gasteiger partial charge in [0.05, 0.1) is 19.3 Å². The van der Waals surface area contributed by atoms with Crippen LogP contribution in [0.25, 0.3) is 0 Å². The average Bonchev–Trinajstić information content (AvgIpc) is 2.46. The van der Waals surface area contributed by atoms with Crippen molar-refractivity contribution < 1.29 is 18.3 Å². The molecule has 0 aromatic heterocycles. The Hall–Kier alpha value is -1.20. The van der Waals surface area contributed by atoms with Crippen molar-refractivity contribution in [3.8, 4) is 5.75 Å². The molecule has 0 bridgehead atoms. The first-order chi connectivity index (χ1) is 9.65. The number of rotatable bonds is 6. The van der Waals surface area contributed by atoms with Crippen molar-refractivity contribution in [2.24, 2.45) is 0 Å². The fourth-order valence-electron chi connectivity index (χ4n) is 2.72. The van der Waals surface area contributed by atoms with E-state index in [0.29, 0.717) is 0 Å². The molecule has 0 saturated carbocycles. The van der Waals surface area contributed by atoms with Crippen LogP contribution in [0.3, 0.4) is 0 Å². The van der Waals surface area contributed by atoms with Crippen molar-refractivity contribution in [3.63, 3.8) is 0 Å². The van der Waals surface area contributed by atoms with E-state index in [0.717, 1.165) is 30.7 Å². The lowest BCUT2D eigenvalue weighted by Gasteiger charge is -2.34. The number of nitrogens with one attached hydrogen (secondary N) is 1. The lowest BCUT2D eigenvalue weighted by molar-refractivity contribution is -0.0439. The van der Waals surface area contributed by atoms with E-state index >= 15 is 0 Å². The van der Waals surface area contributed by atoms with Crippen molar-refractivity contribution in [2.75, 3.05) is 20.3 Å². The van der Waals surface area contributed by atoms with E-state index in [-0.39, 0.29) is 12.1 Å². The molecule has 20 heavy (non-hydrogen) atoms. The molecular formula is C15H21F2NO2. The van der Waals surface area contributed by atoms with Gasteiger partial charge >= 0.3 is 0 Å². The summed E-state index contributed by atoms with van der Waals surface area (Å²) in [4.78, 5) is 0. The highest BCUT2D eigenvalue weighted by molar-refractivity contribution is 5.40. The van der Waals surface area contributed by atoms with Gasteiger partial charge in [-0.25, -0.2) is 8.78 Å². The molecule has 0 amide bonds. The van der Waals surface area contributed by atoms with Crippen molar-refractivity contribution in [1.82, 2.24) is 5.32 Å². The number of ether oxygens (including phenoxy) is 2. The molecule has 0 heterocycles. The van der Waals surface area contributed by atoms with Gasteiger partial charge in [-0.15, -0.1) is 0 Å². The molecule has 112 valence electrons. The predicted molar refractivity (Wildman–Crippen MR) is 73.5 cm³/mol. The maximum atomic E-state index is 12.4. The first-order valence-electron chi connectivity index (χ1n) is 6.95. The molecule has 3 nitrogen and oxygen atoms in total. The summed E-state index contributed by atoms with van der Waals surface area (Å²) in [5.41, 5.74) is 2.32. The highest BCUT2D eigenvalue weighted by Gasteiger charge is 2.30. The van der Waals surface area contributed by atoms with E-state index in [2.05, 4.69) is 5.32 Å². The SMILES string of the molecule is CCNC1c2cc(OC)ccc2CCC1OCC(F)F. The third-order valence-corrected chi connectivity index (χ3v) is 3.62. The van der Waals surface area contributed by atoms with Crippen LogP contribution in [-0.2, 0) is 11.2 Å².